The van der Waals surface area contributed by atoms with Gasteiger partial charge in [0, 0.05) is 13.3 Å². The maximum Gasteiger partial charge on any atom is 0.303 e. The fraction of sp³-hybridized carbons (Fsp3) is 0.429. The van der Waals surface area contributed by atoms with Crippen molar-refractivity contribution in [2.24, 2.45) is 0 Å². The van der Waals surface area contributed by atoms with Crippen LogP contribution in [0, 0.1) is 0 Å². The number of hydrogen-bond acceptors (Lipinski definition) is 3. The number of aliphatic carboxylic acids is 1. The summed E-state index contributed by atoms with van der Waals surface area (Å²) in [5.41, 5.74) is 0. The summed E-state index contributed by atoms with van der Waals surface area (Å²) in [7, 11) is 0. The molecule has 20 heavy (non-hydrogen) atoms. The van der Waals surface area contributed by atoms with Gasteiger partial charge in [-0.3, -0.25) is 9.59 Å². The highest BCUT2D eigenvalue weighted by Gasteiger charge is 2.12. The van der Waals surface area contributed by atoms with Crippen LogP contribution in [0.5, 0.6) is 5.75 Å². The molecular formula is C14H18ClNO4. The molecule has 0 atom stereocenters. The molecule has 0 spiro atoms. The minimum atomic E-state index is -0.805. The summed E-state index contributed by atoms with van der Waals surface area (Å²) in [5, 5.41) is 10.2. The van der Waals surface area contributed by atoms with Crippen LogP contribution in [0.4, 0.5) is 0 Å². The predicted octanol–water partition coefficient (Wildman–Crippen LogP) is 3.13. The first kappa shape index (κ1) is 16.3. The molecular weight excluding hydrogens is 282 g/mol. The summed E-state index contributed by atoms with van der Waals surface area (Å²) in [4.78, 5) is 27.3. The average Bonchev–Trinajstić information content (AvgIpc) is 2.38. The molecule has 0 aliphatic rings. The molecule has 0 heterocycles. The number of carbonyl (C=O) groups excluding carboxylic acids is 1. The number of carboxylic acid groups (broad SMARTS) is 1. The zero-order valence-electron chi connectivity index (χ0n) is 11.3. The number of nitrogens with zero attached hydrogens (tertiary/aromatic N) is 1. The van der Waals surface area contributed by atoms with Crippen molar-refractivity contribution in [3.8, 4) is 5.75 Å². The van der Waals surface area contributed by atoms with Gasteiger partial charge in [0.25, 0.3) is 5.91 Å². The van der Waals surface area contributed by atoms with Crippen molar-refractivity contribution in [1.82, 2.24) is 5.06 Å². The standard InChI is InChI=1S/C14H18ClNO4/c1-11(17)16(10-6-2-3-9-14(18)19)20-13-8-5-4-7-12(13)15/h4-5,7-8H,2-3,6,9-10H2,1H3,(H,18,19). The van der Waals surface area contributed by atoms with Crippen LogP contribution in [-0.2, 0) is 9.59 Å². The van der Waals surface area contributed by atoms with E-state index in [-0.39, 0.29) is 12.3 Å². The van der Waals surface area contributed by atoms with Gasteiger partial charge in [-0.05, 0) is 25.0 Å². The molecule has 110 valence electrons. The van der Waals surface area contributed by atoms with Crippen LogP contribution in [0.1, 0.15) is 32.6 Å². The molecule has 0 bridgehead atoms. The number of rotatable bonds is 8. The van der Waals surface area contributed by atoms with Gasteiger partial charge in [0.1, 0.15) is 0 Å². The number of hydrogen-bond donors (Lipinski definition) is 1. The molecule has 0 aromatic heterocycles. The number of benzene rings is 1. The quantitative estimate of drug-likeness (QED) is 0.591. The Labute approximate surface area is 123 Å². The average molecular weight is 300 g/mol. The Morgan fingerprint density at radius 2 is 1.95 bits per heavy atom. The van der Waals surface area contributed by atoms with Gasteiger partial charge in [-0.25, -0.2) is 0 Å². The number of para-hydroxylation sites is 1. The lowest BCUT2D eigenvalue weighted by Crippen LogP contribution is -2.33. The van der Waals surface area contributed by atoms with Crippen LogP contribution in [0.15, 0.2) is 24.3 Å². The summed E-state index contributed by atoms with van der Waals surface area (Å²) in [5.74, 6) is -0.598. The predicted molar refractivity (Wildman–Crippen MR) is 75.6 cm³/mol. The van der Waals surface area contributed by atoms with Crippen LogP contribution in [0.25, 0.3) is 0 Å². The van der Waals surface area contributed by atoms with Crippen LogP contribution in [0.2, 0.25) is 5.02 Å². The zero-order chi connectivity index (χ0) is 15.0. The van der Waals surface area contributed by atoms with E-state index < -0.39 is 5.97 Å². The van der Waals surface area contributed by atoms with Crippen molar-refractivity contribution in [3.63, 3.8) is 0 Å². The minimum absolute atomic E-state index is 0.144. The van der Waals surface area contributed by atoms with Crippen LogP contribution >= 0.6 is 11.6 Å². The van der Waals surface area contributed by atoms with Crippen molar-refractivity contribution in [2.75, 3.05) is 6.54 Å². The van der Waals surface area contributed by atoms with E-state index in [4.69, 9.17) is 21.5 Å². The molecule has 5 nitrogen and oxygen atoms in total. The van der Waals surface area contributed by atoms with E-state index >= 15 is 0 Å². The summed E-state index contributed by atoms with van der Waals surface area (Å²) < 4.78 is 0. The summed E-state index contributed by atoms with van der Waals surface area (Å²) in [6.45, 7) is 1.81. The third-order valence-electron chi connectivity index (χ3n) is 2.65. The van der Waals surface area contributed by atoms with E-state index in [1.54, 1.807) is 24.3 Å². The molecule has 0 unspecified atom stereocenters. The fourth-order valence-electron chi connectivity index (χ4n) is 1.61. The third kappa shape index (κ3) is 5.93. The molecule has 6 heteroatoms. The topological polar surface area (TPSA) is 66.8 Å². The highest BCUT2D eigenvalue weighted by atomic mass is 35.5. The van der Waals surface area contributed by atoms with Gasteiger partial charge >= 0.3 is 5.97 Å². The Balaban J connectivity index is 2.43. The number of hydroxylamine groups is 2. The van der Waals surface area contributed by atoms with Gasteiger partial charge in [0.15, 0.2) is 5.75 Å². The van der Waals surface area contributed by atoms with Crippen molar-refractivity contribution >= 4 is 23.5 Å². The van der Waals surface area contributed by atoms with E-state index in [0.29, 0.717) is 30.2 Å². The molecule has 0 saturated carbocycles. The minimum Gasteiger partial charge on any atom is -0.481 e. The number of unbranched alkanes of at least 4 members (excludes halogenated alkanes) is 2. The third-order valence-corrected chi connectivity index (χ3v) is 2.96. The molecule has 1 rings (SSSR count). The molecule has 1 aromatic carbocycles. The highest BCUT2D eigenvalue weighted by Crippen LogP contribution is 2.24. The lowest BCUT2D eigenvalue weighted by Gasteiger charge is -2.21. The largest absolute Gasteiger partial charge is 0.481 e. The SMILES string of the molecule is CC(=O)N(CCCCCC(=O)O)Oc1ccccc1Cl. The van der Waals surface area contributed by atoms with Gasteiger partial charge in [-0.15, -0.1) is 0 Å². The van der Waals surface area contributed by atoms with Gasteiger partial charge < -0.3 is 9.94 Å². The summed E-state index contributed by atoms with van der Waals surface area (Å²) >= 11 is 5.96. The second kappa shape index (κ2) is 8.43. The van der Waals surface area contributed by atoms with Gasteiger partial charge in [-0.2, -0.15) is 5.06 Å². The lowest BCUT2D eigenvalue weighted by molar-refractivity contribution is -0.155. The molecule has 0 aliphatic heterocycles. The maximum atomic E-state index is 11.5. The molecule has 1 N–H and O–H groups in total. The van der Waals surface area contributed by atoms with Crippen molar-refractivity contribution in [2.45, 2.75) is 32.6 Å². The van der Waals surface area contributed by atoms with Crippen molar-refractivity contribution in [1.29, 1.82) is 0 Å². The number of carbonyl (C=O) groups is 2. The van der Waals surface area contributed by atoms with E-state index in [9.17, 15) is 9.59 Å². The lowest BCUT2D eigenvalue weighted by atomic mass is 10.2. The second-order valence-electron chi connectivity index (χ2n) is 4.35. The Bertz CT molecular complexity index is 464. The van der Waals surface area contributed by atoms with Crippen LogP contribution in [-0.4, -0.2) is 28.6 Å². The first-order valence-electron chi connectivity index (χ1n) is 6.43. The normalized spacial score (nSPS) is 10.1. The van der Waals surface area contributed by atoms with Crippen molar-refractivity contribution < 1.29 is 19.5 Å². The van der Waals surface area contributed by atoms with Gasteiger partial charge in [-0.1, -0.05) is 30.2 Å². The van der Waals surface area contributed by atoms with Crippen LogP contribution < -0.4 is 4.84 Å². The molecule has 0 radical (unpaired) electrons. The van der Waals surface area contributed by atoms with Gasteiger partial charge in [0.05, 0.1) is 11.6 Å². The monoisotopic (exact) mass is 299 g/mol. The van der Waals surface area contributed by atoms with E-state index in [0.717, 1.165) is 6.42 Å². The van der Waals surface area contributed by atoms with E-state index in [1.165, 1.54) is 12.0 Å². The fourth-order valence-corrected chi connectivity index (χ4v) is 1.78. The Morgan fingerprint density at radius 1 is 1.25 bits per heavy atom. The Hall–Kier alpha value is -1.75. The number of carboxylic acids is 1. The number of halogens is 1. The first-order valence-corrected chi connectivity index (χ1v) is 6.81. The number of amides is 1. The second-order valence-corrected chi connectivity index (χ2v) is 4.75. The Kier molecular flexibility index (Phi) is 6.87. The van der Waals surface area contributed by atoms with Crippen LogP contribution in [0.3, 0.4) is 0 Å². The molecule has 0 fully saturated rings. The molecule has 1 aromatic rings. The molecule has 0 aliphatic carbocycles. The smallest absolute Gasteiger partial charge is 0.303 e. The zero-order valence-corrected chi connectivity index (χ0v) is 12.1. The highest BCUT2D eigenvalue weighted by molar-refractivity contribution is 6.32. The van der Waals surface area contributed by atoms with Crippen molar-refractivity contribution in [3.05, 3.63) is 29.3 Å². The van der Waals surface area contributed by atoms with E-state index in [2.05, 4.69) is 0 Å². The summed E-state index contributed by atoms with van der Waals surface area (Å²) in [6, 6.07) is 6.91. The maximum absolute atomic E-state index is 11.5. The molecule has 0 saturated heterocycles. The first-order chi connectivity index (χ1) is 9.50. The Morgan fingerprint density at radius 3 is 2.55 bits per heavy atom. The summed E-state index contributed by atoms with van der Waals surface area (Å²) in [6.07, 6.45) is 2.14. The van der Waals surface area contributed by atoms with E-state index in [1.807, 2.05) is 0 Å². The van der Waals surface area contributed by atoms with Gasteiger partial charge in [0.2, 0.25) is 0 Å². The molecule has 1 amide bonds.